The summed E-state index contributed by atoms with van der Waals surface area (Å²) in [4.78, 5) is 0. The van der Waals surface area contributed by atoms with Crippen LogP contribution in [-0.2, 0) is 0 Å². The molecule has 0 saturated carbocycles. The SMILES string of the molecule is FC(F)(Cl)[C@](F)(Cl)C(F)(F)C(Cl)(Cl)Cl. The molecular weight excluding hydrogens is 320 g/mol. The summed E-state index contributed by atoms with van der Waals surface area (Å²) in [5, 5.41) is -10.1. The van der Waals surface area contributed by atoms with Crippen LogP contribution in [0.25, 0.3) is 0 Å². The first-order valence-corrected chi connectivity index (χ1v) is 4.53. The quantitative estimate of drug-likeness (QED) is 0.510. The fraction of sp³-hybridized carbons (Fsp3) is 1.00. The zero-order valence-electron chi connectivity index (χ0n) is 5.78. The van der Waals surface area contributed by atoms with Crippen LogP contribution in [0.15, 0.2) is 0 Å². The van der Waals surface area contributed by atoms with E-state index in [9.17, 15) is 22.0 Å². The van der Waals surface area contributed by atoms with Gasteiger partial charge in [-0.3, -0.25) is 0 Å². The summed E-state index contributed by atoms with van der Waals surface area (Å²) in [7, 11) is 0. The van der Waals surface area contributed by atoms with Crippen molar-refractivity contribution in [2.45, 2.75) is 20.2 Å². The van der Waals surface area contributed by atoms with Crippen LogP contribution < -0.4 is 0 Å². The van der Waals surface area contributed by atoms with E-state index >= 15 is 0 Å². The van der Waals surface area contributed by atoms with Gasteiger partial charge in [-0.15, -0.1) is 0 Å². The second-order valence-corrected chi connectivity index (χ2v) is 5.42. The molecule has 10 heteroatoms. The van der Waals surface area contributed by atoms with Gasteiger partial charge in [-0.05, 0) is 11.6 Å². The predicted octanol–water partition coefficient (Wildman–Crippen LogP) is 4.73. The van der Waals surface area contributed by atoms with Crippen molar-refractivity contribution in [3.8, 4) is 0 Å². The average Bonchev–Trinajstić information content (AvgIpc) is 1.81. The zero-order chi connectivity index (χ0) is 12.0. The van der Waals surface area contributed by atoms with Crippen molar-refractivity contribution in [3.63, 3.8) is 0 Å². The Kier molecular flexibility index (Phi) is 4.14. The van der Waals surface area contributed by atoms with Gasteiger partial charge in [0.05, 0.1) is 0 Å². The van der Waals surface area contributed by atoms with Gasteiger partial charge < -0.3 is 0 Å². The van der Waals surface area contributed by atoms with Crippen LogP contribution in [-0.4, -0.2) is 20.2 Å². The lowest BCUT2D eigenvalue weighted by Gasteiger charge is -2.34. The molecule has 0 fully saturated rings. The minimum absolute atomic E-state index is 3.65. The van der Waals surface area contributed by atoms with Crippen molar-refractivity contribution in [3.05, 3.63) is 0 Å². The van der Waals surface area contributed by atoms with E-state index in [2.05, 4.69) is 58.0 Å². The topological polar surface area (TPSA) is 0 Å². The number of halogens is 10. The average molecular weight is 320 g/mol. The van der Waals surface area contributed by atoms with E-state index in [-0.39, 0.29) is 0 Å². The molecule has 0 N–H and O–H groups in total. The smallest absolute Gasteiger partial charge is 0.211 e. The summed E-state index contributed by atoms with van der Waals surface area (Å²) in [5.74, 6) is -5.17. The normalized spacial score (nSPS) is 19.3. The van der Waals surface area contributed by atoms with Gasteiger partial charge in [0.1, 0.15) is 0 Å². The van der Waals surface area contributed by atoms with Crippen LogP contribution in [0.2, 0.25) is 0 Å². The van der Waals surface area contributed by atoms with Gasteiger partial charge in [-0.2, -0.15) is 17.6 Å². The van der Waals surface area contributed by atoms with Crippen molar-refractivity contribution < 1.29 is 22.0 Å². The molecule has 0 saturated heterocycles. The predicted molar refractivity (Wildman–Crippen MR) is 45.7 cm³/mol. The number of alkyl halides is 10. The van der Waals surface area contributed by atoms with Gasteiger partial charge in [0.15, 0.2) is 0 Å². The highest BCUT2D eigenvalue weighted by Gasteiger charge is 2.76. The monoisotopic (exact) mass is 318 g/mol. The van der Waals surface area contributed by atoms with Crippen molar-refractivity contribution in [1.29, 1.82) is 0 Å². The zero-order valence-corrected chi connectivity index (χ0v) is 9.56. The van der Waals surface area contributed by atoms with E-state index in [0.29, 0.717) is 0 Å². The van der Waals surface area contributed by atoms with Crippen molar-refractivity contribution in [2.75, 3.05) is 0 Å². The summed E-state index contributed by atoms with van der Waals surface area (Å²) >= 11 is 22.0. The summed E-state index contributed by atoms with van der Waals surface area (Å²) in [6.07, 6.45) is 0. The molecule has 0 rings (SSSR count). The highest BCUT2D eigenvalue weighted by atomic mass is 35.6. The second kappa shape index (κ2) is 3.84. The lowest BCUT2D eigenvalue weighted by Crippen LogP contribution is -2.57. The van der Waals surface area contributed by atoms with Gasteiger partial charge in [0, 0.05) is 0 Å². The van der Waals surface area contributed by atoms with Crippen LogP contribution in [0.5, 0.6) is 0 Å². The van der Waals surface area contributed by atoms with Gasteiger partial charge in [0.25, 0.3) is 3.79 Å². The molecule has 1 atom stereocenters. The number of hydrogen-bond donors (Lipinski definition) is 0. The highest BCUT2D eigenvalue weighted by Crippen LogP contribution is 2.58. The maximum Gasteiger partial charge on any atom is 0.375 e. The Morgan fingerprint density at radius 3 is 1.00 bits per heavy atom. The van der Waals surface area contributed by atoms with E-state index in [4.69, 9.17) is 0 Å². The van der Waals surface area contributed by atoms with Crippen molar-refractivity contribution >= 4 is 58.0 Å². The fourth-order valence-electron chi connectivity index (χ4n) is 0.356. The van der Waals surface area contributed by atoms with E-state index in [1.54, 1.807) is 0 Å². The van der Waals surface area contributed by atoms with E-state index in [0.717, 1.165) is 0 Å². The molecule has 0 spiro atoms. The van der Waals surface area contributed by atoms with Crippen LogP contribution in [0.4, 0.5) is 22.0 Å². The Morgan fingerprint density at radius 2 is 0.929 bits per heavy atom. The largest absolute Gasteiger partial charge is 0.375 e. The minimum Gasteiger partial charge on any atom is -0.211 e. The van der Waals surface area contributed by atoms with E-state index in [1.165, 1.54) is 0 Å². The molecule has 0 bridgehead atoms. The molecule has 0 aliphatic rings. The summed E-state index contributed by atoms with van der Waals surface area (Å²) in [6, 6.07) is 0. The first-order chi connectivity index (χ1) is 5.75. The minimum atomic E-state index is -5.17. The third kappa shape index (κ3) is 2.43. The third-order valence-electron chi connectivity index (χ3n) is 1.11. The van der Waals surface area contributed by atoms with Gasteiger partial charge in [-0.25, -0.2) is 4.39 Å². The lowest BCUT2D eigenvalue weighted by molar-refractivity contribution is -0.167. The molecule has 86 valence electrons. The Labute approximate surface area is 100 Å². The Bertz CT molecular complexity index is 191. The maximum absolute atomic E-state index is 12.8. The molecule has 0 aromatic carbocycles. The first kappa shape index (κ1) is 15.1. The summed E-state index contributed by atoms with van der Waals surface area (Å²) in [6.45, 7) is 0. The maximum atomic E-state index is 12.8. The second-order valence-electron chi connectivity index (χ2n) is 2.14. The molecule has 0 amide bonds. The van der Waals surface area contributed by atoms with E-state index < -0.39 is 20.2 Å². The standard InChI is InChI=1S/C4Cl5F5/c5-1(10,4(9,13)14)2(11,12)3(6,7)8/t1-/m0/s1. The highest BCUT2D eigenvalue weighted by molar-refractivity contribution is 6.68. The lowest BCUT2D eigenvalue weighted by atomic mass is 10.2. The van der Waals surface area contributed by atoms with Crippen LogP contribution in [0.1, 0.15) is 0 Å². The summed E-state index contributed by atoms with van der Waals surface area (Å²) < 4.78 is 58.8. The van der Waals surface area contributed by atoms with Crippen LogP contribution >= 0.6 is 58.0 Å². The molecule has 0 radical (unpaired) electrons. The molecule has 0 aromatic rings. The Balaban J connectivity index is 5.30. The van der Waals surface area contributed by atoms with Crippen molar-refractivity contribution in [2.24, 2.45) is 0 Å². The third-order valence-corrected chi connectivity index (χ3v) is 2.65. The molecule has 0 heterocycles. The molecule has 0 unspecified atom stereocenters. The number of hydrogen-bond acceptors (Lipinski definition) is 0. The number of rotatable bonds is 2. The van der Waals surface area contributed by atoms with E-state index in [1.807, 2.05) is 0 Å². The molecule has 14 heavy (non-hydrogen) atoms. The van der Waals surface area contributed by atoms with Crippen molar-refractivity contribution in [1.82, 2.24) is 0 Å². The molecule has 0 nitrogen and oxygen atoms in total. The van der Waals surface area contributed by atoms with Gasteiger partial charge >= 0.3 is 16.4 Å². The van der Waals surface area contributed by atoms with Crippen LogP contribution in [0, 0.1) is 0 Å². The Hall–Kier alpha value is 1.10. The molecule has 0 aliphatic heterocycles. The Morgan fingerprint density at radius 1 is 0.643 bits per heavy atom. The first-order valence-electron chi connectivity index (χ1n) is 2.64. The van der Waals surface area contributed by atoms with Gasteiger partial charge in [0.2, 0.25) is 0 Å². The summed E-state index contributed by atoms with van der Waals surface area (Å²) in [5.41, 5.74) is 0. The molecule has 0 aromatic heterocycles. The fourth-order valence-corrected chi connectivity index (χ4v) is 1.15. The van der Waals surface area contributed by atoms with Crippen LogP contribution in [0.3, 0.4) is 0 Å². The molecular formula is C4Cl5F5. The van der Waals surface area contributed by atoms with Gasteiger partial charge in [-0.1, -0.05) is 46.4 Å². The molecule has 0 aliphatic carbocycles.